The fourth-order valence-electron chi connectivity index (χ4n) is 3.67. The molecule has 0 aliphatic rings. The summed E-state index contributed by atoms with van der Waals surface area (Å²) >= 11 is 0. The predicted octanol–water partition coefficient (Wildman–Crippen LogP) is 5.07. The van der Waals surface area contributed by atoms with Crippen LogP contribution in [-0.2, 0) is 14.9 Å². The minimum atomic E-state index is -4.64. The summed E-state index contributed by atoms with van der Waals surface area (Å²) in [5, 5.41) is 25.4. The molecule has 4 aromatic carbocycles. The minimum absolute atomic E-state index is 0.0167. The second-order valence-electron chi connectivity index (χ2n) is 7.82. The lowest BCUT2D eigenvalue weighted by molar-refractivity contribution is -0.387. The number of carbonyl (C=O) groups excluding carboxylic acids is 1. The number of rotatable bonds is 8. The third kappa shape index (κ3) is 5.45. The lowest BCUT2D eigenvalue weighted by Gasteiger charge is -2.12. The van der Waals surface area contributed by atoms with E-state index in [9.17, 15) is 28.6 Å². The van der Waals surface area contributed by atoms with E-state index in [0.717, 1.165) is 22.9 Å². The van der Waals surface area contributed by atoms with E-state index >= 15 is 0 Å². The molecular weight excluding hydrogens is 510 g/mol. The first kappa shape index (κ1) is 25.9. The van der Waals surface area contributed by atoms with Gasteiger partial charge in [0.25, 0.3) is 11.6 Å². The third-order valence-corrected chi connectivity index (χ3v) is 6.72. The van der Waals surface area contributed by atoms with E-state index in [2.05, 4.69) is 5.32 Å². The number of hydrogen-bond donors (Lipinski definition) is 1. The molecule has 1 amide bonds. The molecule has 0 aliphatic carbocycles. The van der Waals surface area contributed by atoms with Crippen molar-refractivity contribution < 1.29 is 27.1 Å². The number of fused-ring (bicyclic) bond motifs is 1. The SMILES string of the molecule is COc1ccc(/C=C(\C#N)C(=O)Nc2cccc3ccccc23)cc1OS(=O)(=O)c1ccccc1[N+](=O)[O-]. The number of hydrogen-bond acceptors (Lipinski definition) is 8. The Labute approximate surface area is 217 Å². The fourth-order valence-corrected chi connectivity index (χ4v) is 4.77. The van der Waals surface area contributed by atoms with Gasteiger partial charge in [-0.3, -0.25) is 14.9 Å². The van der Waals surface area contributed by atoms with Crippen molar-refractivity contribution in [2.45, 2.75) is 4.90 Å². The Morgan fingerprint density at radius 2 is 1.71 bits per heavy atom. The molecule has 0 saturated carbocycles. The first-order valence-electron chi connectivity index (χ1n) is 11.0. The number of carbonyl (C=O) groups is 1. The molecule has 0 bridgehead atoms. The van der Waals surface area contributed by atoms with Crippen molar-refractivity contribution in [3.05, 3.63) is 106 Å². The highest BCUT2D eigenvalue weighted by molar-refractivity contribution is 7.87. The number of nitro benzene ring substituents is 1. The lowest BCUT2D eigenvalue weighted by atomic mass is 10.1. The van der Waals surface area contributed by atoms with Crippen LogP contribution in [0.15, 0.2) is 95.4 Å². The van der Waals surface area contributed by atoms with Crippen LogP contribution in [0.4, 0.5) is 11.4 Å². The van der Waals surface area contributed by atoms with Gasteiger partial charge in [-0.1, -0.05) is 54.6 Å². The van der Waals surface area contributed by atoms with Crippen molar-refractivity contribution in [3.8, 4) is 17.6 Å². The van der Waals surface area contributed by atoms with Crippen molar-refractivity contribution in [2.75, 3.05) is 12.4 Å². The molecule has 0 spiro atoms. The Balaban J connectivity index is 1.66. The van der Waals surface area contributed by atoms with Gasteiger partial charge in [-0.15, -0.1) is 0 Å². The van der Waals surface area contributed by atoms with Crippen molar-refractivity contribution in [3.63, 3.8) is 0 Å². The van der Waals surface area contributed by atoms with E-state index in [-0.39, 0.29) is 22.6 Å². The van der Waals surface area contributed by atoms with E-state index in [1.165, 1.54) is 43.5 Å². The summed E-state index contributed by atoms with van der Waals surface area (Å²) in [6, 6.07) is 23.5. The Hall–Kier alpha value is -5.21. The van der Waals surface area contributed by atoms with Gasteiger partial charge >= 0.3 is 10.1 Å². The third-order valence-electron chi connectivity index (χ3n) is 5.43. The number of benzene rings is 4. The van der Waals surface area contributed by atoms with E-state index < -0.39 is 31.5 Å². The Bertz CT molecular complexity index is 1740. The molecule has 0 fully saturated rings. The molecule has 10 nitrogen and oxygen atoms in total. The number of nitriles is 1. The Kier molecular flexibility index (Phi) is 7.36. The van der Waals surface area contributed by atoms with Crippen LogP contribution < -0.4 is 14.2 Å². The normalized spacial score (nSPS) is 11.4. The molecule has 4 rings (SSSR count). The monoisotopic (exact) mass is 529 g/mol. The first-order chi connectivity index (χ1) is 18.2. The van der Waals surface area contributed by atoms with Crippen molar-refractivity contribution >= 4 is 44.2 Å². The number of nitrogens with one attached hydrogen (secondary N) is 1. The zero-order valence-corrected chi connectivity index (χ0v) is 20.6. The molecule has 4 aromatic rings. The van der Waals surface area contributed by atoms with E-state index in [1.807, 2.05) is 36.4 Å². The highest BCUT2D eigenvalue weighted by atomic mass is 32.2. The molecule has 0 unspecified atom stereocenters. The van der Waals surface area contributed by atoms with Gasteiger partial charge < -0.3 is 14.2 Å². The molecular formula is C27H19N3O7S. The standard InChI is InChI=1S/C27H19N3O7S/c1-36-24-14-13-18(16-25(24)37-38(34,35)26-12-5-4-11-23(26)30(32)33)15-20(17-28)27(31)29-22-10-6-8-19-7-2-3-9-21(19)22/h2-16H,1H3,(H,29,31)/b20-15+. The second kappa shape index (κ2) is 10.8. The first-order valence-corrected chi connectivity index (χ1v) is 12.4. The average molecular weight is 530 g/mol. The highest BCUT2D eigenvalue weighted by Crippen LogP contribution is 2.33. The molecule has 0 saturated heterocycles. The minimum Gasteiger partial charge on any atom is -0.493 e. The predicted molar refractivity (Wildman–Crippen MR) is 140 cm³/mol. The van der Waals surface area contributed by atoms with Crippen LogP contribution in [0.5, 0.6) is 11.5 Å². The van der Waals surface area contributed by atoms with E-state index in [4.69, 9.17) is 8.92 Å². The second-order valence-corrected chi connectivity index (χ2v) is 9.34. The number of anilines is 1. The number of ether oxygens (including phenoxy) is 1. The van der Waals surface area contributed by atoms with Gasteiger partial charge in [0.1, 0.15) is 11.6 Å². The van der Waals surface area contributed by atoms with Crippen molar-refractivity contribution in [1.29, 1.82) is 5.26 Å². The largest absolute Gasteiger partial charge is 0.493 e. The topological polar surface area (TPSA) is 149 Å². The molecule has 0 atom stereocenters. The number of amides is 1. The van der Waals surface area contributed by atoms with Crippen LogP contribution in [0.25, 0.3) is 16.8 Å². The summed E-state index contributed by atoms with van der Waals surface area (Å²) < 4.78 is 36.1. The van der Waals surface area contributed by atoms with Crippen LogP contribution in [-0.4, -0.2) is 26.4 Å². The van der Waals surface area contributed by atoms with Crippen LogP contribution >= 0.6 is 0 Å². The number of nitro groups is 1. The van der Waals surface area contributed by atoms with Crippen molar-refractivity contribution in [1.82, 2.24) is 0 Å². The van der Waals surface area contributed by atoms with Gasteiger partial charge in [0, 0.05) is 17.1 Å². The van der Waals surface area contributed by atoms with Crippen molar-refractivity contribution in [2.24, 2.45) is 0 Å². The average Bonchev–Trinajstić information content (AvgIpc) is 2.91. The van der Waals surface area contributed by atoms with Gasteiger partial charge in [0.15, 0.2) is 16.4 Å². The van der Waals surface area contributed by atoms with Crippen LogP contribution in [0.1, 0.15) is 5.56 Å². The van der Waals surface area contributed by atoms with Gasteiger partial charge in [0.05, 0.1) is 12.0 Å². The molecule has 0 heterocycles. The van der Waals surface area contributed by atoms with E-state index in [0.29, 0.717) is 5.69 Å². The maximum atomic E-state index is 12.9. The number of nitrogens with zero attached hydrogens (tertiary/aromatic N) is 2. The van der Waals surface area contributed by atoms with Gasteiger partial charge in [0.2, 0.25) is 0 Å². The van der Waals surface area contributed by atoms with Gasteiger partial charge in [-0.05, 0) is 41.3 Å². The molecule has 0 radical (unpaired) electrons. The molecule has 0 aliphatic heterocycles. The van der Waals surface area contributed by atoms with E-state index in [1.54, 1.807) is 12.1 Å². The smallest absolute Gasteiger partial charge is 0.346 e. The van der Waals surface area contributed by atoms with Crippen LogP contribution in [0.2, 0.25) is 0 Å². The molecule has 1 N–H and O–H groups in total. The Morgan fingerprint density at radius 1 is 1.00 bits per heavy atom. The summed E-state index contributed by atoms with van der Waals surface area (Å²) in [6.45, 7) is 0. The highest BCUT2D eigenvalue weighted by Gasteiger charge is 2.28. The number of methoxy groups -OCH3 is 1. The summed E-state index contributed by atoms with van der Waals surface area (Å²) in [5.41, 5.74) is -0.137. The maximum absolute atomic E-state index is 12.9. The van der Waals surface area contributed by atoms with Crippen LogP contribution in [0.3, 0.4) is 0 Å². The zero-order valence-electron chi connectivity index (χ0n) is 19.8. The summed E-state index contributed by atoms with van der Waals surface area (Å²) in [5.74, 6) is -0.941. The van der Waals surface area contributed by atoms with Gasteiger partial charge in [-0.2, -0.15) is 13.7 Å². The zero-order chi connectivity index (χ0) is 27.3. The summed E-state index contributed by atoms with van der Waals surface area (Å²) in [7, 11) is -3.35. The summed E-state index contributed by atoms with van der Waals surface area (Å²) in [4.78, 5) is 22.7. The molecule has 38 heavy (non-hydrogen) atoms. The molecule has 190 valence electrons. The fraction of sp³-hybridized carbons (Fsp3) is 0.0370. The molecule has 0 aromatic heterocycles. The maximum Gasteiger partial charge on any atom is 0.346 e. The number of para-hydroxylation sites is 1. The quantitative estimate of drug-likeness (QED) is 0.109. The lowest BCUT2D eigenvalue weighted by Crippen LogP contribution is -2.14. The van der Waals surface area contributed by atoms with Crippen LogP contribution in [0, 0.1) is 21.4 Å². The Morgan fingerprint density at radius 3 is 2.45 bits per heavy atom. The molecule has 11 heteroatoms. The van der Waals surface area contributed by atoms with Gasteiger partial charge in [-0.25, -0.2) is 0 Å². The summed E-state index contributed by atoms with van der Waals surface area (Å²) in [6.07, 6.45) is 1.25.